The average molecular weight is 665 g/mol. The first-order valence-electron chi connectivity index (χ1n) is 6.21. The Morgan fingerprint density at radius 2 is 0.538 bits per heavy atom. The zero-order chi connectivity index (χ0) is 20.6. The molecule has 4 unspecified atom stereocenters. The van der Waals surface area contributed by atoms with Crippen molar-refractivity contribution in [3.05, 3.63) is 0 Å². The molecule has 0 heterocycles. The molecule has 0 aliphatic heterocycles. The molecule has 4 atom stereocenters. The summed E-state index contributed by atoms with van der Waals surface area (Å²) < 4.78 is 0. The largest absolute Gasteiger partial charge is 0.479 e. The van der Waals surface area contributed by atoms with E-state index in [-0.39, 0.29) is 44.8 Å². The molecule has 0 aliphatic carbocycles. The summed E-state index contributed by atoms with van der Waals surface area (Å²) in [5.41, 5.74) is 0. The molecule has 0 aromatic carbocycles. The Bertz CT molecular complexity index is 312. The monoisotopic (exact) mass is 664 g/mol. The van der Waals surface area contributed by atoms with Gasteiger partial charge in [0, 0.05) is 44.8 Å². The molecule has 0 fully saturated rings. The summed E-state index contributed by atoms with van der Waals surface area (Å²) in [5.74, 6) is -4.74. The van der Waals surface area contributed by atoms with Crippen LogP contribution in [0.5, 0.6) is 0 Å². The average Bonchev–Trinajstić information content (AvgIpc) is 2.40. The summed E-state index contributed by atoms with van der Waals surface area (Å²) in [6, 6.07) is 0. The second kappa shape index (κ2) is 24.2. The molecule has 14 heteroatoms. The Hall–Kier alpha value is -0.799. The minimum Gasteiger partial charge on any atom is -0.479 e. The maximum Gasteiger partial charge on any atom is 0.332 e. The predicted molar refractivity (Wildman–Crippen MR) is 77.3 cm³/mol. The van der Waals surface area contributed by atoms with Gasteiger partial charge in [-0.05, 0) is 27.7 Å². The fourth-order valence-electron chi connectivity index (χ4n) is 0. The molecule has 0 aromatic rings. The van der Waals surface area contributed by atoms with Crippen molar-refractivity contribution in [3.8, 4) is 0 Å². The van der Waals surface area contributed by atoms with Gasteiger partial charge in [-0.3, -0.25) is 0 Å². The standard InChI is InChI=1S/4C3H6O3.Ag.Au/c4*1-2(4)3(5)6;;/h4*2,4H,1H3,(H,5,6);;. The normalized spacial score (nSPS) is 12.6. The van der Waals surface area contributed by atoms with Gasteiger partial charge >= 0.3 is 23.9 Å². The number of rotatable bonds is 4. The van der Waals surface area contributed by atoms with Crippen LogP contribution in [0, 0.1) is 0 Å². The minimum atomic E-state index is -1.23. The quantitative estimate of drug-likeness (QED) is 0.150. The van der Waals surface area contributed by atoms with E-state index < -0.39 is 48.3 Å². The first kappa shape index (κ1) is 40.0. The van der Waals surface area contributed by atoms with Gasteiger partial charge in [0.2, 0.25) is 0 Å². The van der Waals surface area contributed by atoms with Gasteiger partial charge in [0.05, 0.1) is 0 Å². The maximum absolute atomic E-state index is 9.45. The Kier molecular flexibility index (Phi) is 37.3. The molecule has 0 aromatic heterocycles. The van der Waals surface area contributed by atoms with Crippen molar-refractivity contribution in [3.63, 3.8) is 0 Å². The van der Waals surface area contributed by atoms with Gasteiger partial charge in [-0.25, -0.2) is 19.2 Å². The van der Waals surface area contributed by atoms with E-state index in [1.165, 1.54) is 27.7 Å². The Morgan fingerprint density at radius 3 is 0.538 bits per heavy atom. The van der Waals surface area contributed by atoms with E-state index in [9.17, 15) is 19.2 Å². The number of aliphatic hydroxyl groups excluding tert-OH is 4. The summed E-state index contributed by atoms with van der Waals surface area (Å²) in [5, 5.41) is 63.1. The van der Waals surface area contributed by atoms with Crippen LogP contribution >= 0.6 is 0 Å². The molecule has 0 saturated carbocycles. The third-order valence-corrected chi connectivity index (χ3v) is 1.43. The number of aliphatic carboxylic acids is 4. The number of carboxylic acids is 4. The molecular formula is C12H24AgAuO12. The molecule has 0 amide bonds. The Morgan fingerprint density at radius 1 is 0.500 bits per heavy atom. The zero-order valence-corrected chi connectivity index (χ0v) is 17.8. The van der Waals surface area contributed by atoms with Crippen molar-refractivity contribution in [2.75, 3.05) is 0 Å². The van der Waals surface area contributed by atoms with Crippen LogP contribution in [-0.4, -0.2) is 89.1 Å². The van der Waals surface area contributed by atoms with Crippen LogP contribution in [0.15, 0.2) is 0 Å². The predicted octanol–water partition coefficient (Wildman–Crippen LogP) is -2.20. The van der Waals surface area contributed by atoms with Gasteiger partial charge in [0.1, 0.15) is 24.4 Å². The molecule has 0 aliphatic rings. The molecule has 12 nitrogen and oxygen atoms in total. The van der Waals surface area contributed by atoms with Crippen LogP contribution < -0.4 is 0 Å². The molecule has 166 valence electrons. The molecule has 0 spiro atoms. The van der Waals surface area contributed by atoms with Gasteiger partial charge in [-0.1, -0.05) is 0 Å². The minimum absolute atomic E-state index is 0. The molecule has 8 N–H and O–H groups in total. The topological polar surface area (TPSA) is 230 Å². The van der Waals surface area contributed by atoms with Crippen LogP contribution in [-0.2, 0) is 63.9 Å². The van der Waals surface area contributed by atoms with Gasteiger partial charge in [-0.2, -0.15) is 0 Å². The van der Waals surface area contributed by atoms with Gasteiger partial charge < -0.3 is 40.9 Å². The summed E-state index contributed by atoms with van der Waals surface area (Å²) in [7, 11) is 0. The number of aliphatic hydroxyl groups is 4. The second-order valence-corrected chi connectivity index (χ2v) is 4.06. The van der Waals surface area contributed by atoms with Crippen LogP contribution in [0.3, 0.4) is 0 Å². The zero-order valence-electron chi connectivity index (χ0n) is 14.1. The van der Waals surface area contributed by atoms with E-state index in [0.29, 0.717) is 0 Å². The van der Waals surface area contributed by atoms with Crippen LogP contribution in [0.1, 0.15) is 27.7 Å². The van der Waals surface area contributed by atoms with E-state index in [2.05, 4.69) is 0 Å². The number of carboxylic acid groups (broad SMARTS) is 4. The molecule has 2 radical (unpaired) electrons. The Balaban J connectivity index is -0.0000000500. The summed E-state index contributed by atoms with van der Waals surface area (Å²) in [6.45, 7) is 4.79. The van der Waals surface area contributed by atoms with Crippen LogP contribution in [0.25, 0.3) is 0 Å². The number of hydrogen-bond acceptors (Lipinski definition) is 8. The third kappa shape index (κ3) is 49.5. The molecule has 0 bridgehead atoms. The van der Waals surface area contributed by atoms with E-state index in [4.69, 9.17) is 40.9 Å². The third-order valence-electron chi connectivity index (χ3n) is 1.43. The molecular weight excluding hydrogens is 641 g/mol. The second-order valence-electron chi connectivity index (χ2n) is 4.06. The summed E-state index contributed by atoms with van der Waals surface area (Å²) >= 11 is 0. The molecule has 0 saturated heterocycles. The van der Waals surface area contributed by atoms with Gasteiger partial charge in [-0.15, -0.1) is 0 Å². The van der Waals surface area contributed by atoms with Crippen LogP contribution in [0.2, 0.25) is 0 Å². The van der Waals surface area contributed by atoms with E-state index in [1.807, 2.05) is 0 Å². The number of carbonyl (C=O) groups is 4. The van der Waals surface area contributed by atoms with Gasteiger partial charge in [0.15, 0.2) is 0 Å². The summed E-state index contributed by atoms with van der Waals surface area (Å²) in [4.78, 5) is 37.8. The maximum atomic E-state index is 9.45. The van der Waals surface area contributed by atoms with Crippen molar-refractivity contribution >= 4 is 23.9 Å². The van der Waals surface area contributed by atoms with Crippen molar-refractivity contribution in [2.45, 2.75) is 52.1 Å². The van der Waals surface area contributed by atoms with Crippen molar-refractivity contribution in [1.29, 1.82) is 0 Å². The fourth-order valence-corrected chi connectivity index (χ4v) is 0. The van der Waals surface area contributed by atoms with Gasteiger partial charge in [0.25, 0.3) is 0 Å². The van der Waals surface area contributed by atoms with Crippen LogP contribution in [0.4, 0.5) is 0 Å². The first-order chi connectivity index (χ1) is 10.6. The van der Waals surface area contributed by atoms with Crippen molar-refractivity contribution < 1.29 is 105 Å². The molecule has 26 heavy (non-hydrogen) atoms. The van der Waals surface area contributed by atoms with E-state index in [0.717, 1.165) is 0 Å². The number of hydrogen-bond donors (Lipinski definition) is 8. The fraction of sp³-hybridized carbons (Fsp3) is 0.667. The SMILES string of the molecule is CC(O)C(=O)O.CC(O)C(=O)O.CC(O)C(=O)O.CC(O)C(=O)O.[Ag].[Au]. The van der Waals surface area contributed by atoms with E-state index in [1.54, 1.807) is 0 Å². The van der Waals surface area contributed by atoms with Crippen molar-refractivity contribution in [2.24, 2.45) is 0 Å². The van der Waals surface area contributed by atoms with E-state index >= 15 is 0 Å². The Labute approximate surface area is 180 Å². The first-order valence-corrected chi connectivity index (χ1v) is 6.21. The van der Waals surface area contributed by atoms with Crippen molar-refractivity contribution in [1.82, 2.24) is 0 Å². The molecule has 0 rings (SSSR count). The smallest absolute Gasteiger partial charge is 0.332 e. The summed E-state index contributed by atoms with van der Waals surface area (Å²) in [6.07, 6.45) is -4.93.